The van der Waals surface area contributed by atoms with Crippen LogP contribution in [0.15, 0.2) is 6.20 Å². The van der Waals surface area contributed by atoms with E-state index in [9.17, 15) is 10.1 Å². The maximum atomic E-state index is 11.1. The molecule has 0 atom stereocenters. The van der Waals surface area contributed by atoms with Gasteiger partial charge in [-0.25, -0.2) is 0 Å². The van der Waals surface area contributed by atoms with Gasteiger partial charge in [-0.1, -0.05) is 13.8 Å². The van der Waals surface area contributed by atoms with E-state index in [1.807, 2.05) is 4.68 Å². The number of nitrogens with zero attached hydrogens (tertiary/aromatic N) is 3. The normalized spacial score (nSPS) is 16.8. The summed E-state index contributed by atoms with van der Waals surface area (Å²) in [5.74, 6) is 1.12. The number of hydrogen-bond acceptors (Lipinski definition) is 4. The Bertz CT molecular complexity index is 450. The molecule has 6 nitrogen and oxygen atoms in total. The first-order chi connectivity index (χ1) is 9.58. The highest BCUT2D eigenvalue weighted by atomic mass is 16.6. The molecule has 1 aromatic heterocycles. The largest absolute Gasteiger partial charge is 0.317 e. The van der Waals surface area contributed by atoms with Crippen molar-refractivity contribution in [2.24, 2.45) is 11.8 Å². The van der Waals surface area contributed by atoms with Crippen LogP contribution < -0.4 is 5.32 Å². The van der Waals surface area contributed by atoms with Crippen LogP contribution in [0.25, 0.3) is 0 Å². The van der Waals surface area contributed by atoms with E-state index >= 15 is 0 Å². The third kappa shape index (κ3) is 3.79. The SMILES string of the molecule is CC(C)CCc1c([N+](=O)[O-])cnn1CC1CCNCC1. The van der Waals surface area contributed by atoms with Gasteiger partial charge >= 0.3 is 5.69 Å². The van der Waals surface area contributed by atoms with Crippen molar-refractivity contribution in [3.8, 4) is 0 Å². The number of hydrogen-bond donors (Lipinski definition) is 1. The van der Waals surface area contributed by atoms with Gasteiger partial charge in [0.1, 0.15) is 11.9 Å². The maximum Gasteiger partial charge on any atom is 0.310 e. The summed E-state index contributed by atoms with van der Waals surface area (Å²) in [6.45, 7) is 7.16. The molecule has 20 heavy (non-hydrogen) atoms. The molecular weight excluding hydrogens is 256 g/mol. The lowest BCUT2D eigenvalue weighted by atomic mass is 9.98. The number of nitro groups is 1. The van der Waals surface area contributed by atoms with Crippen molar-refractivity contribution in [3.63, 3.8) is 0 Å². The minimum atomic E-state index is -0.304. The Morgan fingerprint density at radius 2 is 2.20 bits per heavy atom. The lowest BCUT2D eigenvalue weighted by Gasteiger charge is -2.23. The molecule has 0 aliphatic carbocycles. The van der Waals surface area contributed by atoms with Gasteiger partial charge < -0.3 is 5.32 Å². The molecule has 1 N–H and O–H groups in total. The molecule has 0 aromatic carbocycles. The molecule has 1 saturated heterocycles. The molecule has 0 unspecified atom stereocenters. The van der Waals surface area contributed by atoms with Crippen molar-refractivity contribution < 1.29 is 4.92 Å². The highest BCUT2D eigenvalue weighted by Crippen LogP contribution is 2.23. The summed E-state index contributed by atoms with van der Waals surface area (Å²) in [5, 5.41) is 18.7. The average Bonchev–Trinajstić information content (AvgIpc) is 2.80. The van der Waals surface area contributed by atoms with Gasteiger partial charge in [-0.2, -0.15) is 5.10 Å². The zero-order valence-corrected chi connectivity index (χ0v) is 12.3. The molecule has 0 radical (unpaired) electrons. The molecule has 112 valence electrons. The fraction of sp³-hybridized carbons (Fsp3) is 0.786. The molecule has 0 spiro atoms. The van der Waals surface area contributed by atoms with Crippen molar-refractivity contribution >= 4 is 5.69 Å². The number of nitrogens with one attached hydrogen (secondary N) is 1. The molecular formula is C14H24N4O2. The van der Waals surface area contributed by atoms with Gasteiger partial charge in [0.15, 0.2) is 0 Å². The molecule has 0 saturated carbocycles. The Morgan fingerprint density at radius 1 is 1.50 bits per heavy atom. The van der Waals surface area contributed by atoms with Gasteiger partial charge in [-0.3, -0.25) is 14.8 Å². The highest BCUT2D eigenvalue weighted by Gasteiger charge is 2.23. The summed E-state index contributed by atoms with van der Waals surface area (Å²) >= 11 is 0. The summed E-state index contributed by atoms with van der Waals surface area (Å²) < 4.78 is 1.87. The number of rotatable bonds is 6. The van der Waals surface area contributed by atoms with Crippen molar-refractivity contribution in [3.05, 3.63) is 22.0 Å². The first-order valence-corrected chi connectivity index (χ1v) is 7.47. The van der Waals surface area contributed by atoms with Crippen LogP contribution in [0.1, 0.15) is 38.8 Å². The third-order valence-corrected chi connectivity index (χ3v) is 3.97. The van der Waals surface area contributed by atoms with E-state index in [2.05, 4.69) is 24.3 Å². The highest BCUT2D eigenvalue weighted by molar-refractivity contribution is 5.33. The molecule has 0 amide bonds. The topological polar surface area (TPSA) is 73.0 Å². The minimum absolute atomic E-state index is 0.180. The number of piperidine rings is 1. The molecule has 1 fully saturated rings. The molecule has 1 aromatic rings. The van der Waals surface area contributed by atoms with Crippen molar-refractivity contribution in [2.45, 2.75) is 46.1 Å². The van der Waals surface area contributed by atoms with Gasteiger partial charge in [-0.15, -0.1) is 0 Å². The second-order valence-electron chi connectivity index (χ2n) is 6.04. The minimum Gasteiger partial charge on any atom is -0.317 e. The van der Waals surface area contributed by atoms with Gasteiger partial charge in [-0.05, 0) is 50.6 Å². The fourth-order valence-corrected chi connectivity index (χ4v) is 2.70. The van der Waals surface area contributed by atoms with Gasteiger partial charge in [0.25, 0.3) is 0 Å². The predicted molar refractivity (Wildman–Crippen MR) is 77.6 cm³/mol. The Kier molecular flexibility index (Phi) is 5.11. The monoisotopic (exact) mass is 280 g/mol. The smallest absolute Gasteiger partial charge is 0.310 e. The van der Waals surface area contributed by atoms with Crippen molar-refractivity contribution in [1.29, 1.82) is 0 Å². The second-order valence-corrected chi connectivity index (χ2v) is 6.04. The summed E-state index contributed by atoms with van der Waals surface area (Å²) in [7, 11) is 0. The summed E-state index contributed by atoms with van der Waals surface area (Å²) in [6, 6.07) is 0. The molecule has 1 aliphatic rings. The van der Waals surface area contributed by atoms with Crippen LogP contribution in [-0.2, 0) is 13.0 Å². The average molecular weight is 280 g/mol. The molecule has 0 bridgehead atoms. The first kappa shape index (κ1) is 15.0. The summed E-state index contributed by atoms with van der Waals surface area (Å²) in [5.41, 5.74) is 0.974. The zero-order valence-electron chi connectivity index (χ0n) is 12.3. The van der Waals surface area contributed by atoms with Crippen LogP contribution in [0.4, 0.5) is 5.69 Å². The first-order valence-electron chi connectivity index (χ1n) is 7.47. The van der Waals surface area contributed by atoms with Crippen LogP contribution in [0.5, 0.6) is 0 Å². The van der Waals surface area contributed by atoms with E-state index in [1.165, 1.54) is 6.20 Å². The van der Waals surface area contributed by atoms with Crippen molar-refractivity contribution in [2.75, 3.05) is 13.1 Å². The van der Waals surface area contributed by atoms with Gasteiger partial charge in [0, 0.05) is 6.54 Å². The molecule has 1 aliphatic heterocycles. The lowest BCUT2D eigenvalue weighted by Crippen LogP contribution is -2.30. The Morgan fingerprint density at radius 3 is 2.80 bits per heavy atom. The second kappa shape index (κ2) is 6.83. The van der Waals surface area contributed by atoms with E-state index in [1.54, 1.807) is 0 Å². The quantitative estimate of drug-likeness (QED) is 0.641. The van der Waals surface area contributed by atoms with E-state index in [-0.39, 0.29) is 10.6 Å². The number of aromatic nitrogens is 2. The van der Waals surface area contributed by atoms with Crippen molar-refractivity contribution in [1.82, 2.24) is 15.1 Å². The Labute approximate surface area is 119 Å². The maximum absolute atomic E-state index is 11.1. The van der Waals surface area contributed by atoms with Crippen LogP contribution >= 0.6 is 0 Å². The van der Waals surface area contributed by atoms with Crippen LogP contribution in [-0.4, -0.2) is 27.8 Å². The fourth-order valence-electron chi connectivity index (χ4n) is 2.70. The van der Waals surface area contributed by atoms with Crippen LogP contribution in [0.3, 0.4) is 0 Å². The Balaban J connectivity index is 2.11. The van der Waals surface area contributed by atoms with Gasteiger partial charge in [0.05, 0.1) is 4.92 Å². The predicted octanol–water partition coefficient (Wildman–Crippen LogP) is 2.38. The summed E-state index contributed by atoms with van der Waals surface area (Å²) in [4.78, 5) is 10.8. The molecule has 2 heterocycles. The van der Waals surface area contributed by atoms with E-state index in [0.717, 1.165) is 51.0 Å². The molecule has 6 heteroatoms. The van der Waals surface area contributed by atoms with E-state index < -0.39 is 0 Å². The zero-order chi connectivity index (χ0) is 14.5. The van der Waals surface area contributed by atoms with Gasteiger partial charge in [0.2, 0.25) is 0 Å². The van der Waals surface area contributed by atoms with Crippen LogP contribution in [0.2, 0.25) is 0 Å². The summed E-state index contributed by atoms with van der Waals surface area (Å²) in [6.07, 6.45) is 5.35. The molecule has 2 rings (SSSR count). The van der Waals surface area contributed by atoms with E-state index in [4.69, 9.17) is 0 Å². The standard InChI is InChI=1S/C14H24N4O2/c1-11(2)3-4-13-14(18(19)20)9-16-17(13)10-12-5-7-15-8-6-12/h9,11-12,15H,3-8,10H2,1-2H3. The lowest BCUT2D eigenvalue weighted by molar-refractivity contribution is -0.385. The third-order valence-electron chi connectivity index (χ3n) is 3.97. The van der Waals surface area contributed by atoms with Crippen LogP contribution in [0, 0.1) is 22.0 Å². The Hall–Kier alpha value is -1.43. The van der Waals surface area contributed by atoms with E-state index in [0.29, 0.717) is 11.8 Å².